The summed E-state index contributed by atoms with van der Waals surface area (Å²) in [5.74, 6) is 2.24. The van der Waals surface area contributed by atoms with Gasteiger partial charge in [-0.2, -0.15) is 11.8 Å². The largest absolute Gasteiger partial charge is 0.469 e. The Morgan fingerprint density at radius 2 is 2.11 bits per heavy atom. The highest BCUT2D eigenvalue weighted by atomic mass is 32.2. The Kier molecular flexibility index (Phi) is 7.90. The number of rotatable bonds is 10. The van der Waals surface area contributed by atoms with Gasteiger partial charge in [-0.05, 0) is 31.2 Å². The van der Waals surface area contributed by atoms with Crippen LogP contribution in [-0.4, -0.2) is 16.8 Å². The Balaban J connectivity index is 2.20. The molecule has 1 rings (SSSR count). The van der Waals surface area contributed by atoms with E-state index in [2.05, 4.69) is 6.92 Å². The summed E-state index contributed by atoms with van der Waals surface area (Å²) < 4.78 is 5.31. The number of thioether (sulfide) groups is 1. The number of carbonyl (C=O) groups is 1. The molecule has 0 saturated heterocycles. The molecule has 1 atom stereocenters. The summed E-state index contributed by atoms with van der Waals surface area (Å²) >= 11 is 1.78. The first-order valence-corrected chi connectivity index (χ1v) is 7.93. The van der Waals surface area contributed by atoms with Crippen molar-refractivity contribution in [3.63, 3.8) is 0 Å². The minimum Gasteiger partial charge on any atom is -0.469 e. The third kappa shape index (κ3) is 6.29. The summed E-state index contributed by atoms with van der Waals surface area (Å²) in [6.45, 7) is 3.90. The molecule has 18 heavy (non-hydrogen) atoms. The van der Waals surface area contributed by atoms with Gasteiger partial charge in [0.25, 0.3) is 0 Å². The molecule has 1 unspecified atom stereocenters. The van der Waals surface area contributed by atoms with Gasteiger partial charge in [0, 0.05) is 6.42 Å². The molecule has 0 radical (unpaired) electrons. The smallest absolute Gasteiger partial charge is 0.143 e. The monoisotopic (exact) mass is 268 g/mol. The number of carbonyl (C=O) groups excluding carboxylic acids is 1. The minimum absolute atomic E-state index is 0.0577. The van der Waals surface area contributed by atoms with Crippen LogP contribution in [0.4, 0.5) is 0 Å². The Labute approximate surface area is 115 Å². The van der Waals surface area contributed by atoms with E-state index in [9.17, 15) is 4.79 Å². The van der Waals surface area contributed by atoms with E-state index < -0.39 is 0 Å². The SMILES string of the molecule is CCCCCCCSC(Cc1ccco1)C(C)=O. The predicted octanol–water partition coefficient (Wildman–Crippen LogP) is 4.48. The maximum absolute atomic E-state index is 11.6. The summed E-state index contributed by atoms with van der Waals surface area (Å²) in [6.07, 6.45) is 8.82. The van der Waals surface area contributed by atoms with Crippen LogP contribution in [0.2, 0.25) is 0 Å². The first-order valence-electron chi connectivity index (χ1n) is 6.88. The van der Waals surface area contributed by atoms with Crippen molar-refractivity contribution in [3.8, 4) is 0 Å². The van der Waals surface area contributed by atoms with Crippen LogP contribution in [0.3, 0.4) is 0 Å². The lowest BCUT2D eigenvalue weighted by Crippen LogP contribution is -2.17. The van der Waals surface area contributed by atoms with Crippen molar-refractivity contribution in [1.29, 1.82) is 0 Å². The van der Waals surface area contributed by atoms with Crippen molar-refractivity contribution in [2.45, 2.75) is 57.6 Å². The Morgan fingerprint density at radius 3 is 2.72 bits per heavy atom. The molecule has 0 fully saturated rings. The van der Waals surface area contributed by atoms with Crippen LogP contribution < -0.4 is 0 Å². The van der Waals surface area contributed by atoms with Crippen LogP contribution in [0.1, 0.15) is 51.7 Å². The highest BCUT2D eigenvalue weighted by molar-refractivity contribution is 8.00. The van der Waals surface area contributed by atoms with Gasteiger partial charge in [0.1, 0.15) is 11.5 Å². The minimum atomic E-state index is 0.0577. The van der Waals surface area contributed by atoms with E-state index in [1.165, 1.54) is 32.1 Å². The summed E-state index contributed by atoms with van der Waals surface area (Å²) in [6, 6.07) is 3.82. The van der Waals surface area contributed by atoms with Crippen molar-refractivity contribution >= 4 is 17.5 Å². The second-order valence-electron chi connectivity index (χ2n) is 4.67. The summed E-state index contributed by atoms with van der Waals surface area (Å²) in [5.41, 5.74) is 0. The van der Waals surface area contributed by atoms with Gasteiger partial charge in [-0.3, -0.25) is 4.79 Å². The van der Waals surface area contributed by atoms with Crippen LogP contribution in [0.5, 0.6) is 0 Å². The zero-order valence-corrected chi connectivity index (χ0v) is 12.3. The van der Waals surface area contributed by atoms with E-state index >= 15 is 0 Å². The maximum atomic E-state index is 11.6. The van der Waals surface area contributed by atoms with Crippen molar-refractivity contribution in [3.05, 3.63) is 24.2 Å². The molecule has 0 aliphatic rings. The van der Waals surface area contributed by atoms with Gasteiger partial charge in [0.2, 0.25) is 0 Å². The molecule has 0 aliphatic carbocycles. The number of hydrogen-bond donors (Lipinski definition) is 0. The maximum Gasteiger partial charge on any atom is 0.143 e. The molecule has 1 aromatic rings. The van der Waals surface area contributed by atoms with Crippen LogP contribution in [0.25, 0.3) is 0 Å². The summed E-state index contributed by atoms with van der Waals surface area (Å²) in [4.78, 5) is 11.6. The number of hydrogen-bond acceptors (Lipinski definition) is 3. The van der Waals surface area contributed by atoms with Crippen LogP contribution in [-0.2, 0) is 11.2 Å². The molecular formula is C15H24O2S. The number of Topliss-reactive ketones (excluding diaryl/α,β-unsaturated/α-hetero) is 1. The molecule has 102 valence electrons. The lowest BCUT2D eigenvalue weighted by Gasteiger charge is -2.11. The molecular weight excluding hydrogens is 244 g/mol. The Hall–Kier alpha value is -0.700. The van der Waals surface area contributed by atoms with Crippen molar-refractivity contribution in [2.75, 3.05) is 5.75 Å². The number of ketones is 1. The van der Waals surface area contributed by atoms with Crippen LogP contribution in [0.15, 0.2) is 22.8 Å². The molecule has 0 aromatic carbocycles. The molecule has 0 N–H and O–H groups in total. The highest BCUT2D eigenvalue weighted by Crippen LogP contribution is 2.20. The first kappa shape index (κ1) is 15.4. The Morgan fingerprint density at radius 1 is 1.33 bits per heavy atom. The average molecular weight is 268 g/mol. The van der Waals surface area contributed by atoms with Crippen molar-refractivity contribution < 1.29 is 9.21 Å². The summed E-state index contributed by atoms with van der Waals surface area (Å²) in [5, 5.41) is 0.0577. The number of furan rings is 1. The third-order valence-corrected chi connectivity index (χ3v) is 4.41. The first-order chi connectivity index (χ1) is 8.74. The normalized spacial score (nSPS) is 12.6. The molecule has 0 amide bonds. The van der Waals surface area contributed by atoms with Crippen molar-refractivity contribution in [1.82, 2.24) is 0 Å². The van der Waals surface area contributed by atoms with Crippen molar-refractivity contribution in [2.24, 2.45) is 0 Å². The lowest BCUT2D eigenvalue weighted by atomic mass is 10.2. The topological polar surface area (TPSA) is 30.2 Å². The van der Waals surface area contributed by atoms with E-state index in [1.807, 2.05) is 12.1 Å². The average Bonchev–Trinajstić information content (AvgIpc) is 2.84. The fraction of sp³-hybridized carbons (Fsp3) is 0.667. The molecule has 0 spiro atoms. The molecule has 1 heterocycles. The zero-order valence-electron chi connectivity index (χ0n) is 11.5. The van der Waals surface area contributed by atoms with Gasteiger partial charge in [0.15, 0.2) is 0 Å². The molecule has 0 saturated carbocycles. The van der Waals surface area contributed by atoms with Gasteiger partial charge in [0.05, 0.1) is 11.5 Å². The van der Waals surface area contributed by atoms with E-state index in [0.29, 0.717) is 0 Å². The predicted molar refractivity (Wildman–Crippen MR) is 78.1 cm³/mol. The standard InChI is InChI=1S/C15H24O2S/c1-3-4-5-6-7-11-18-15(13(2)16)12-14-9-8-10-17-14/h8-10,15H,3-7,11-12H2,1-2H3. The van der Waals surface area contributed by atoms with Gasteiger partial charge < -0.3 is 4.42 Å². The molecule has 0 aliphatic heterocycles. The van der Waals surface area contributed by atoms with Gasteiger partial charge in [-0.25, -0.2) is 0 Å². The fourth-order valence-corrected chi connectivity index (χ4v) is 3.03. The quantitative estimate of drug-likeness (QED) is 0.586. The van der Waals surface area contributed by atoms with Crippen LogP contribution >= 0.6 is 11.8 Å². The van der Waals surface area contributed by atoms with Gasteiger partial charge in [-0.15, -0.1) is 0 Å². The highest BCUT2D eigenvalue weighted by Gasteiger charge is 2.16. The van der Waals surface area contributed by atoms with E-state index in [4.69, 9.17) is 4.42 Å². The second-order valence-corrected chi connectivity index (χ2v) is 5.98. The van der Waals surface area contributed by atoms with Gasteiger partial charge >= 0.3 is 0 Å². The Bertz CT molecular complexity index is 319. The zero-order chi connectivity index (χ0) is 13.2. The molecule has 1 aromatic heterocycles. The number of unbranched alkanes of at least 4 members (excludes halogenated alkanes) is 4. The van der Waals surface area contributed by atoms with E-state index in [0.717, 1.165) is 17.9 Å². The van der Waals surface area contributed by atoms with E-state index in [-0.39, 0.29) is 11.0 Å². The molecule has 0 bridgehead atoms. The lowest BCUT2D eigenvalue weighted by molar-refractivity contribution is -0.116. The van der Waals surface area contributed by atoms with E-state index in [1.54, 1.807) is 24.9 Å². The molecule has 2 nitrogen and oxygen atoms in total. The van der Waals surface area contributed by atoms with Crippen LogP contribution in [0, 0.1) is 0 Å². The summed E-state index contributed by atoms with van der Waals surface area (Å²) in [7, 11) is 0. The fourth-order valence-electron chi connectivity index (χ4n) is 1.86. The molecule has 3 heteroatoms. The second kappa shape index (κ2) is 9.26. The van der Waals surface area contributed by atoms with Gasteiger partial charge in [-0.1, -0.05) is 32.6 Å². The third-order valence-electron chi connectivity index (χ3n) is 2.99.